The van der Waals surface area contributed by atoms with E-state index >= 15 is 0 Å². The fourth-order valence-electron chi connectivity index (χ4n) is 2.34. The molecule has 1 aliphatic heterocycles. The number of thiophene rings is 1. The fourth-order valence-corrected chi connectivity index (χ4v) is 3.48. The average molecular weight is 296 g/mol. The van der Waals surface area contributed by atoms with Gasteiger partial charge < -0.3 is 26.0 Å². The summed E-state index contributed by atoms with van der Waals surface area (Å²) in [6, 6.07) is 0.331. The zero-order valence-electron chi connectivity index (χ0n) is 11.6. The number of carbonyl (C=O) groups excluding carboxylic acids is 1. The lowest BCUT2D eigenvalue weighted by atomic mass is 10.3. The largest absolute Gasteiger partial charge is 0.492 e. The molecule has 0 atom stereocenters. The minimum atomic E-state index is -0.0744. The van der Waals surface area contributed by atoms with Gasteiger partial charge in [0.05, 0.1) is 7.11 Å². The van der Waals surface area contributed by atoms with Crippen molar-refractivity contribution in [3.8, 4) is 5.75 Å². The number of rotatable bonds is 4. The normalized spacial score (nSPS) is 18.9. The Hall–Kier alpha value is -1.47. The quantitative estimate of drug-likeness (QED) is 0.760. The van der Waals surface area contributed by atoms with Crippen molar-refractivity contribution in [3.05, 3.63) is 4.88 Å². The SMILES string of the molecule is COc1c(N2CCNCC2)sc(C(=O)NC2CC2)c1N. The topological polar surface area (TPSA) is 79.6 Å². The molecule has 7 heteroatoms. The molecule has 1 aromatic heterocycles. The Morgan fingerprint density at radius 1 is 1.45 bits per heavy atom. The van der Waals surface area contributed by atoms with Crippen molar-refractivity contribution in [3.63, 3.8) is 0 Å². The summed E-state index contributed by atoms with van der Waals surface area (Å²) in [4.78, 5) is 15.0. The van der Waals surface area contributed by atoms with Crippen molar-refractivity contribution in [2.24, 2.45) is 0 Å². The number of hydrogen-bond acceptors (Lipinski definition) is 6. The molecule has 0 aromatic carbocycles. The molecule has 3 rings (SSSR count). The first-order valence-electron chi connectivity index (χ1n) is 6.93. The van der Waals surface area contributed by atoms with Crippen LogP contribution in [0.25, 0.3) is 0 Å². The summed E-state index contributed by atoms with van der Waals surface area (Å²) in [6.07, 6.45) is 2.14. The maximum atomic E-state index is 12.2. The smallest absolute Gasteiger partial charge is 0.263 e. The summed E-state index contributed by atoms with van der Waals surface area (Å²) in [5.41, 5.74) is 6.56. The van der Waals surface area contributed by atoms with E-state index in [-0.39, 0.29) is 5.91 Å². The number of ether oxygens (including phenoxy) is 1. The number of piperazine rings is 1. The van der Waals surface area contributed by atoms with E-state index < -0.39 is 0 Å². The first kappa shape index (κ1) is 13.5. The van der Waals surface area contributed by atoms with Crippen LogP contribution in [0.3, 0.4) is 0 Å². The monoisotopic (exact) mass is 296 g/mol. The van der Waals surface area contributed by atoms with Gasteiger partial charge in [-0.25, -0.2) is 0 Å². The number of carbonyl (C=O) groups is 1. The van der Waals surface area contributed by atoms with Crippen molar-refractivity contribution >= 4 is 27.9 Å². The highest BCUT2D eigenvalue weighted by Crippen LogP contribution is 2.45. The second kappa shape index (κ2) is 5.49. The summed E-state index contributed by atoms with van der Waals surface area (Å²) >= 11 is 1.43. The molecular weight excluding hydrogens is 276 g/mol. The van der Waals surface area contributed by atoms with Crippen molar-refractivity contribution in [1.29, 1.82) is 0 Å². The predicted molar refractivity (Wildman–Crippen MR) is 80.9 cm³/mol. The van der Waals surface area contributed by atoms with Crippen molar-refractivity contribution in [2.45, 2.75) is 18.9 Å². The molecule has 4 N–H and O–H groups in total. The minimum Gasteiger partial charge on any atom is -0.492 e. The van der Waals surface area contributed by atoms with Crippen molar-refractivity contribution in [1.82, 2.24) is 10.6 Å². The number of methoxy groups -OCH3 is 1. The Bertz CT molecular complexity index is 507. The minimum absolute atomic E-state index is 0.0744. The Morgan fingerprint density at radius 3 is 2.75 bits per heavy atom. The summed E-state index contributed by atoms with van der Waals surface area (Å²) in [7, 11) is 1.60. The molecule has 0 spiro atoms. The van der Waals surface area contributed by atoms with E-state index in [2.05, 4.69) is 15.5 Å². The molecule has 2 heterocycles. The maximum absolute atomic E-state index is 12.2. The van der Waals surface area contributed by atoms with Gasteiger partial charge in [0.25, 0.3) is 5.91 Å². The second-order valence-corrected chi connectivity index (χ2v) is 6.17. The molecule has 1 amide bonds. The van der Waals surface area contributed by atoms with E-state index in [1.807, 2.05) is 0 Å². The molecule has 6 nitrogen and oxygen atoms in total. The number of nitrogen functional groups attached to an aromatic ring is 1. The van der Waals surface area contributed by atoms with Gasteiger partial charge in [-0.05, 0) is 12.8 Å². The molecule has 2 aliphatic rings. The number of nitrogens with zero attached hydrogens (tertiary/aromatic N) is 1. The van der Waals surface area contributed by atoms with Gasteiger partial charge in [-0.1, -0.05) is 0 Å². The summed E-state index contributed by atoms with van der Waals surface area (Å²) in [6.45, 7) is 3.68. The zero-order valence-corrected chi connectivity index (χ0v) is 12.4. The Morgan fingerprint density at radius 2 is 2.15 bits per heavy atom. The van der Waals surface area contributed by atoms with Crippen LogP contribution in [0.1, 0.15) is 22.5 Å². The lowest BCUT2D eigenvalue weighted by molar-refractivity contribution is 0.0956. The Kier molecular flexibility index (Phi) is 3.71. The van der Waals surface area contributed by atoms with Crippen LogP contribution in [-0.4, -0.2) is 45.2 Å². The number of nitrogens with one attached hydrogen (secondary N) is 2. The second-order valence-electron chi connectivity index (χ2n) is 5.17. The third kappa shape index (κ3) is 2.55. The third-order valence-corrected chi connectivity index (χ3v) is 4.86. The van der Waals surface area contributed by atoms with E-state index in [0.717, 1.165) is 44.0 Å². The van der Waals surface area contributed by atoms with Crippen LogP contribution >= 0.6 is 11.3 Å². The number of amides is 1. The van der Waals surface area contributed by atoms with Crippen molar-refractivity contribution in [2.75, 3.05) is 43.9 Å². The van der Waals surface area contributed by atoms with Crippen molar-refractivity contribution < 1.29 is 9.53 Å². The molecule has 1 aliphatic carbocycles. The van der Waals surface area contributed by atoms with E-state index in [9.17, 15) is 4.79 Å². The van der Waals surface area contributed by atoms with Crippen LogP contribution < -0.4 is 26.0 Å². The lowest BCUT2D eigenvalue weighted by Crippen LogP contribution is -2.43. The van der Waals surface area contributed by atoms with Gasteiger partial charge in [-0.15, -0.1) is 11.3 Å². The van der Waals surface area contributed by atoms with Crippen LogP contribution in [0.15, 0.2) is 0 Å². The van der Waals surface area contributed by atoms with Gasteiger partial charge >= 0.3 is 0 Å². The summed E-state index contributed by atoms with van der Waals surface area (Å²) in [5, 5.41) is 7.26. The molecular formula is C13H20N4O2S. The van der Waals surface area contributed by atoms with Crippen LogP contribution in [0.4, 0.5) is 10.7 Å². The number of anilines is 2. The number of hydrogen-bond donors (Lipinski definition) is 3. The molecule has 0 bridgehead atoms. The van der Waals surface area contributed by atoms with Crippen LogP contribution in [-0.2, 0) is 0 Å². The lowest BCUT2D eigenvalue weighted by Gasteiger charge is -2.28. The average Bonchev–Trinajstić information content (AvgIpc) is 3.21. The van der Waals surface area contributed by atoms with Crippen LogP contribution in [0, 0.1) is 0 Å². The van der Waals surface area contributed by atoms with E-state index in [1.54, 1.807) is 7.11 Å². The standard InChI is InChI=1S/C13H20N4O2S/c1-19-10-9(14)11(12(18)16-8-2-3-8)20-13(10)17-6-4-15-5-7-17/h8,15H,2-7,14H2,1H3,(H,16,18). The van der Waals surface area contributed by atoms with Gasteiger partial charge in [-0.2, -0.15) is 0 Å². The third-order valence-electron chi connectivity index (χ3n) is 3.61. The van der Waals surface area contributed by atoms with Gasteiger partial charge in [-0.3, -0.25) is 4.79 Å². The van der Waals surface area contributed by atoms with Gasteiger partial charge in [0.1, 0.15) is 15.6 Å². The molecule has 0 unspecified atom stereocenters. The predicted octanol–water partition coefficient (Wildman–Crippen LogP) is 0.641. The first-order valence-corrected chi connectivity index (χ1v) is 7.75. The molecule has 110 valence electrons. The van der Waals surface area contributed by atoms with Gasteiger partial charge in [0.15, 0.2) is 5.75 Å². The zero-order chi connectivity index (χ0) is 14.1. The highest BCUT2D eigenvalue weighted by molar-refractivity contribution is 7.19. The first-order chi connectivity index (χ1) is 9.70. The molecule has 1 saturated heterocycles. The Balaban J connectivity index is 1.86. The highest BCUT2D eigenvalue weighted by Gasteiger charge is 2.29. The summed E-state index contributed by atoms with van der Waals surface area (Å²) < 4.78 is 5.42. The van der Waals surface area contributed by atoms with E-state index in [4.69, 9.17) is 10.5 Å². The van der Waals surface area contributed by atoms with Crippen LogP contribution in [0.5, 0.6) is 5.75 Å². The molecule has 2 fully saturated rings. The van der Waals surface area contributed by atoms with Gasteiger partial charge in [0, 0.05) is 32.2 Å². The van der Waals surface area contributed by atoms with Gasteiger partial charge in [0.2, 0.25) is 0 Å². The van der Waals surface area contributed by atoms with E-state index in [0.29, 0.717) is 22.4 Å². The maximum Gasteiger partial charge on any atom is 0.263 e. The van der Waals surface area contributed by atoms with E-state index in [1.165, 1.54) is 11.3 Å². The number of nitrogens with two attached hydrogens (primary N) is 1. The van der Waals surface area contributed by atoms with Crippen LogP contribution in [0.2, 0.25) is 0 Å². The Labute approximate surface area is 122 Å². The fraction of sp³-hybridized carbons (Fsp3) is 0.615. The molecule has 0 radical (unpaired) electrons. The molecule has 20 heavy (non-hydrogen) atoms. The molecule has 1 saturated carbocycles. The summed E-state index contributed by atoms with van der Waals surface area (Å²) in [5.74, 6) is 0.563. The highest BCUT2D eigenvalue weighted by atomic mass is 32.1. The molecule has 1 aromatic rings.